The van der Waals surface area contributed by atoms with Crippen LogP contribution in [0.25, 0.3) is 0 Å². The van der Waals surface area contributed by atoms with E-state index in [1.807, 2.05) is 0 Å². The van der Waals surface area contributed by atoms with E-state index in [-0.39, 0.29) is 0 Å². The van der Waals surface area contributed by atoms with Crippen molar-refractivity contribution in [1.82, 2.24) is 10.2 Å². The standard InChI is InChI=1S/C13H26N2/c1-11-4-3-5-13(8-11)10-15-7-6-14-9-12(15)2/h11-14H,3-10H2,1-2H3/t11?,12-,13?/m1/s1. The zero-order valence-electron chi connectivity index (χ0n) is 10.3. The highest BCUT2D eigenvalue weighted by Crippen LogP contribution is 2.29. The molecule has 0 spiro atoms. The van der Waals surface area contributed by atoms with Crippen LogP contribution in [0.2, 0.25) is 0 Å². The van der Waals surface area contributed by atoms with Gasteiger partial charge in [-0.05, 0) is 31.6 Å². The van der Waals surface area contributed by atoms with Gasteiger partial charge in [0.25, 0.3) is 0 Å². The monoisotopic (exact) mass is 210 g/mol. The van der Waals surface area contributed by atoms with Crippen molar-refractivity contribution in [2.75, 3.05) is 26.2 Å². The number of nitrogens with zero attached hydrogens (tertiary/aromatic N) is 1. The van der Waals surface area contributed by atoms with E-state index >= 15 is 0 Å². The highest BCUT2D eigenvalue weighted by Gasteiger charge is 2.24. The second-order valence-corrected chi connectivity index (χ2v) is 5.69. The summed E-state index contributed by atoms with van der Waals surface area (Å²) < 4.78 is 0. The maximum Gasteiger partial charge on any atom is 0.0193 e. The molecule has 2 unspecified atom stereocenters. The molecule has 2 nitrogen and oxygen atoms in total. The van der Waals surface area contributed by atoms with Crippen molar-refractivity contribution < 1.29 is 0 Å². The van der Waals surface area contributed by atoms with E-state index in [9.17, 15) is 0 Å². The molecule has 1 aliphatic carbocycles. The lowest BCUT2D eigenvalue weighted by Gasteiger charge is -2.38. The lowest BCUT2D eigenvalue weighted by atomic mass is 9.82. The average Bonchev–Trinajstić information content (AvgIpc) is 2.22. The highest BCUT2D eigenvalue weighted by molar-refractivity contribution is 4.80. The van der Waals surface area contributed by atoms with Crippen molar-refractivity contribution in [2.45, 2.75) is 45.6 Å². The molecule has 0 bridgehead atoms. The Morgan fingerprint density at radius 3 is 2.87 bits per heavy atom. The first-order chi connectivity index (χ1) is 7.25. The van der Waals surface area contributed by atoms with E-state index in [2.05, 4.69) is 24.1 Å². The topological polar surface area (TPSA) is 15.3 Å². The lowest BCUT2D eigenvalue weighted by molar-refractivity contribution is 0.123. The van der Waals surface area contributed by atoms with Gasteiger partial charge in [0.1, 0.15) is 0 Å². The fourth-order valence-corrected chi connectivity index (χ4v) is 3.21. The van der Waals surface area contributed by atoms with Gasteiger partial charge in [-0.2, -0.15) is 0 Å². The zero-order valence-corrected chi connectivity index (χ0v) is 10.3. The van der Waals surface area contributed by atoms with Crippen LogP contribution in [-0.4, -0.2) is 37.1 Å². The average molecular weight is 210 g/mol. The molecule has 2 fully saturated rings. The summed E-state index contributed by atoms with van der Waals surface area (Å²) in [5, 5.41) is 3.47. The molecular formula is C13H26N2. The van der Waals surface area contributed by atoms with Gasteiger partial charge < -0.3 is 5.32 Å². The van der Waals surface area contributed by atoms with Crippen molar-refractivity contribution in [3.8, 4) is 0 Å². The van der Waals surface area contributed by atoms with E-state index < -0.39 is 0 Å². The fourth-order valence-electron chi connectivity index (χ4n) is 3.21. The first kappa shape index (κ1) is 11.4. The second-order valence-electron chi connectivity index (χ2n) is 5.69. The first-order valence-electron chi connectivity index (χ1n) is 6.70. The van der Waals surface area contributed by atoms with Crippen LogP contribution in [0, 0.1) is 11.8 Å². The summed E-state index contributed by atoms with van der Waals surface area (Å²) in [4.78, 5) is 2.69. The molecule has 88 valence electrons. The molecule has 2 aliphatic rings. The molecule has 1 N–H and O–H groups in total. The summed E-state index contributed by atoms with van der Waals surface area (Å²) in [6.07, 6.45) is 5.87. The van der Waals surface area contributed by atoms with Crippen LogP contribution in [0.15, 0.2) is 0 Å². The zero-order chi connectivity index (χ0) is 10.7. The number of hydrogen-bond donors (Lipinski definition) is 1. The molecule has 1 saturated heterocycles. The highest BCUT2D eigenvalue weighted by atomic mass is 15.2. The molecule has 0 aromatic rings. The van der Waals surface area contributed by atoms with Gasteiger partial charge in [-0.3, -0.25) is 4.90 Å². The molecule has 1 heterocycles. The van der Waals surface area contributed by atoms with E-state index in [0.717, 1.165) is 17.9 Å². The van der Waals surface area contributed by atoms with Crippen LogP contribution in [0.3, 0.4) is 0 Å². The van der Waals surface area contributed by atoms with Crippen LogP contribution < -0.4 is 5.32 Å². The Kier molecular flexibility index (Phi) is 4.04. The number of nitrogens with one attached hydrogen (secondary N) is 1. The fraction of sp³-hybridized carbons (Fsp3) is 1.00. The maximum atomic E-state index is 3.47. The summed E-state index contributed by atoms with van der Waals surface area (Å²) in [5.41, 5.74) is 0. The van der Waals surface area contributed by atoms with Crippen LogP contribution in [0.5, 0.6) is 0 Å². The Morgan fingerprint density at radius 2 is 2.13 bits per heavy atom. The van der Waals surface area contributed by atoms with Gasteiger partial charge in [-0.25, -0.2) is 0 Å². The van der Waals surface area contributed by atoms with Gasteiger partial charge in [0.15, 0.2) is 0 Å². The molecule has 2 rings (SSSR count). The largest absolute Gasteiger partial charge is 0.314 e. The molecule has 3 atom stereocenters. The summed E-state index contributed by atoms with van der Waals surface area (Å²) >= 11 is 0. The minimum absolute atomic E-state index is 0.746. The molecule has 1 saturated carbocycles. The maximum absolute atomic E-state index is 3.47. The molecule has 15 heavy (non-hydrogen) atoms. The molecule has 0 radical (unpaired) electrons. The first-order valence-corrected chi connectivity index (χ1v) is 6.70. The Balaban J connectivity index is 1.79. The van der Waals surface area contributed by atoms with Gasteiger partial charge in [0.2, 0.25) is 0 Å². The van der Waals surface area contributed by atoms with Crippen molar-refractivity contribution in [2.24, 2.45) is 11.8 Å². The van der Waals surface area contributed by atoms with Crippen LogP contribution in [0.4, 0.5) is 0 Å². The number of piperazine rings is 1. The van der Waals surface area contributed by atoms with E-state index in [4.69, 9.17) is 0 Å². The summed E-state index contributed by atoms with van der Waals surface area (Å²) in [6, 6.07) is 0.746. The summed E-state index contributed by atoms with van der Waals surface area (Å²) in [7, 11) is 0. The van der Waals surface area contributed by atoms with Crippen LogP contribution >= 0.6 is 0 Å². The molecule has 2 heteroatoms. The molecule has 0 aromatic carbocycles. The second kappa shape index (κ2) is 5.31. The molecule has 0 amide bonds. The summed E-state index contributed by atoms with van der Waals surface area (Å²) in [6.45, 7) is 9.76. The molecule has 1 aliphatic heterocycles. The quantitative estimate of drug-likeness (QED) is 0.751. The van der Waals surface area contributed by atoms with Crippen molar-refractivity contribution >= 4 is 0 Å². The Hall–Kier alpha value is -0.0800. The minimum Gasteiger partial charge on any atom is -0.314 e. The molecular weight excluding hydrogens is 184 g/mol. The van der Waals surface area contributed by atoms with Crippen LogP contribution in [-0.2, 0) is 0 Å². The number of hydrogen-bond acceptors (Lipinski definition) is 2. The minimum atomic E-state index is 0.746. The summed E-state index contributed by atoms with van der Waals surface area (Å²) in [5.74, 6) is 1.95. The van der Waals surface area contributed by atoms with E-state index in [1.54, 1.807) is 0 Å². The number of rotatable bonds is 2. The van der Waals surface area contributed by atoms with Gasteiger partial charge in [0.05, 0.1) is 0 Å². The van der Waals surface area contributed by atoms with Gasteiger partial charge in [-0.15, -0.1) is 0 Å². The smallest absolute Gasteiger partial charge is 0.0193 e. The van der Waals surface area contributed by atoms with Gasteiger partial charge in [-0.1, -0.05) is 19.8 Å². The lowest BCUT2D eigenvalue weighted by Crippen LogP contribution is -2.51. The third kappa shape index (κ3) is 3.18. The van der Waals surface area contributed by atoms with Crippen molar-refractivity contribution in [3.63, 3.8) is 0 Å². The predicted octanol–water partition coefficient (Wildman–Crippen LogP) is 2.11. The predicted molar refractivity (Wildman–Crippen MR) is 65.0 cm³/mol. The van der Waals surface area contributed by atoms with Gasteiger partial charge >= 0.3 is 0 Å². The third-order valence-electron chi connectivity index (χ3n) is 4.18. The normalized spacial score (nSPS) is 39.2. The molecule has 0 aromatic heterocycles. The third-order valence-corrected chi connectivity index (χ3v) is 4.18. The van der Waals surface area contributed by atoms with E-state index in [0.29, 0.717) is 0 Å². The van der Waals surface area contributed by atoms with Crippen LogP contribution in [0.1, 0.15) is 39.5 Å². The van der Waals surface area contributed by atoms with E-state index in [1.165, 1.54) is 51.9 Å². The Morgan fingerprint density at radius 1 is 1.27 bits per heavy atom. The Labute approximate surface area is 94.4 Å². The van der Waals surface area contributed by atoms with Gasteiger partial charge in [0, 0.05) is 32.2 Å². The van der Waals surface area contributed by atoms with Crippen molar-refractivity contribution in [1.29, 1.82) is 0 Å². The Bertz CT molecular complexity index is 193. The van der Waals surface area contributed by atoms with Crippen molar-refractivity contribution in [3.05, 3.63) is 0 Å². The SMILES string of the molecule is CC1CCCC(CN2CCNC[C@H]2C)C1.